The number of hydrogen-bond acceptors (Lipinski definition) is 4. The molecular formula is C26H32Cl2N2O4. The second-order valence-corrected chi connectivity index (χ2v) is 10.4. The van der Waals surface area contributed by atoms with Gasteiger partial charge in [0.15, 0.2) is 0 Å². The lowest BCUT2D eigenvalue weighted by atomic mass is 9.80. The highest BCUT2D eigenvalue weighted by Gasteiger charge is 2.37. The van der Waals surface area contributed by atoms with Crippen molar-refractivity contribution in [1.29, 1.82) is 0 Å². The molecule has 0 unspecified atom stereocenters. The molecule has 184 valence electrons. The van der Waals surface area contributed by atoms with Crippen LogP contribution in [0, 0.1) is 19.3 Å². The van der Waals surface area contributed by atoms with Crippen LogP contribution in [0.3, 0.4) is 0 Å². The van der Waals surface area contributed by atoms with Gasteiger partial charge in [0.05, 0.1) is 21.1 Å². The minimum atomic E-state index is -0.670. The highest BCUT2D eigenvalue weighted by molar-refractivity contribution is 6.39. The van der Waals surface area contributed by atoms with Gasteiger partial charge in [0.2, 0.25) is 0 Å². The van der Waals surface area contributed by atoms with E-state index >= 15 is 0 Å². The Hall–Kier alpha value is -2.28. The summed E-state index contributed by atoms with van der Waals surface area (Å²) in [5.74, 6) is -0.193. The molecule has 8 heteroatoms. The van der Waals surface area contributed by atoms with Crippen LogP contribution < -0.4 is 4.90 Å². The highest BCUT2D eigenvalue weighted by atomic mass is 35.5. The van der Waals surface area contributed by atoms with E-state index in [1.54, 1.807) is 0 Å². The lowest BCUT2D eigenvalue weighted by Crippen LogP contribution is -2.45. The minimum absolute atomic E-state index is 0.250. The van der Waals surface area contributed by atoms with Gasteiger partial charge in [-0.25, -0.2) is 0 Å². The van der Waals surface area contributed by atoms with E-state index in [4.69, 9.17) is 33.1 Å². The first-order valence-electron chi connectivity index (χ1n) is 11.4. The molecular weight excluding hydrogens is 475 g/mol. The summed E-state index contributed by atoms with van der Waals surface area (Å²) in [6, 6.07) is 10.3. The molecule has 0 amide bonds. The fourth-order valence-corrected chi connectivity index (χ4v) is 5.45. The normalized spacial score (nSPS) is 18.0. The van der Waals surface area contributed by atoms with Crippen molar-refractivity contribution in [3.8, 4) is 0 Å². The number of hydrogen-bond donors (Lipinski definition) is 2. The van der Waals surface area contributed by atoms with Crippen LogP contribution in [0.2, 0.25) is 10.0 Å². The van der Waals surface area contributed by atoms with Gasteiger partial charge in [-0.3, -0.25) is 14.5 Å². The summed E-state index contributed by atoms with van der Waals surface area (Å²) in [7, 11) is 0. The number of aliphatic carboxylic acids is 1. The molecule has 2 N–H and O–H groups in total. The maximum Gasteiger partial charge on any atom is 0.309 e. The topological polar surface area (TPSA) is 81.1 Å². The van der Waals surface area contributed by atoms with Crippen LogP contribution in [0.1, 0.15) is 47.9 Å². The second-order valence-electron chi connectivity index (χ2n) is 9.55. The van der Waals surface area contributed by atoms with Gasteiger partial charge in [-0.05, 0) is 81.1 Å². The first-order chi connectivity index (χ1) is 16.1. The fraction of sp³-hybridized carbons (Fsp3) is 0.462. The quantitative estimate of drug-likeness (QED) is 0.513. The molecule has 2 heterocycles. The van der Waals surface area contributed by atoms with Gasteiger partial charge in [-0.15, -0.1) is 0 Å². The molecule has 2 aliphatic rings. The number of carboxylic acid groups (broad SMARTS) is 2. The molecule has 2 aliphatic heterocycles. The van der Waals surface area contributed by atoms with E-state index in [1.165, 1.54) is 22.3 Å². The molecule has 2 saturated heterocycles. The summed E-state index contributed by atoms with van der Waals surface area (Å²) in [5, 5.41) is 17.8. The standard InChI is InChI=1S/C25H30Cl2N2O2.CH2O2/c1-16-11-18(19-13-29(14-19)23-21(26)5-4-6-22(23)27)12-17(2)20(16)15-28-9-7-25(3,8-10-28)24(30)31;2-1-3/h4-6,11-12,19H,7-10,13-15H2,1-3H3,(H,30,31);1H,(H,2,3). The minimum Gasteiger partial charge on any atom is -0.483 e. The predicted molar refractivity (Wildman–Crippen MR) is 136 cm³/mol. The highest BCUT2D eigenvalue weighted by Crippen LogP contribution is 2.41. The van der Waals surface area contributed by atoms with Crippen molar-refractivity contribution in [3.63, 3.8) is 0 Å². The zero-order valence-corrected chi connectivity index (χ0v) is 21.4. The molecule has 0 aliphatic carbocycles. The summed E-state index contributed by atoms with van der Waals surface area (Å²) >= 11 is 12.7. The van der Waals surface area contributed by atoms with Crippen LogP contribution in [0.4, 0.5) is 5.69 Å². The number of carboxylic acids is 1. The molecule has 0 aromatic heterocycles. The second kappa shape index (κ2) is 11.0. The van der Waals surface area contributed by atoms with Crippen molar-refractivity contribution in [1.82, 2.24) is 4.90 Å². The van der Waals surface area contributed by atoms with Crippen molar-refractivity contribution >= 4 is 41.3 Å². The fourth-order valence-electron chi connectivity index (χ4n) is 4.82. The number of piperidine rings is 1. The SMILES string of the molecule is Cc1cc(C2CN(c3c(Cl)cccc3Cl)C2)cc(C)c1CN1CCC(C)(C(=O)O)CC1.O=CO. The summed E-state index contributed by atoms with van der Waals surface area (Å²) in [6.45, 7) is 10.4. The van der Waals surface area contributed by atoms with Crippen molar-refractivity contribution < 1.29 is 19.8 Å². The first kappa shape index (κ1) is 26.3. The van der Waals surface area contributed by atoms with Crippen LogP contribution >= 0.6 is 23.2 Å². The van der Waals surface area contributed by atoms with E-state index in [1.807, 2.05) is 25.1 Å². The van der Waals surface area contributed by atoms with Crippen LogP contribution in [0.25, 0.3) is 0 Å². The van der Waals surface area contributed by atoms with E-state index in [-0.39, 0.29) is 6.47 Å². The molecule has 0 radical (unpaired) electrons. The van der Waals surface area contributed by atoms with Crippen LogP contribution in [0.5, 0.6) is 0 Å². The van der Waals surface area contributed by atoms with Gasteiger partial charge < -0.3 is 15.1 Å². The van der Waals surface area contributed by atoms with Gasteiger partial charge in [0.1, 0.15) is 0 Å². The zero-order valence-electron chi connectivity index (χ0n) is 19.9. The Bertz CT molecular complexity index is 1000. The number of para-hydroxylation sites is 1. The zero-order chi connectivity index (χ0) is 25.0. The summed E-state index contributed by atoms with van der Waals surface area (Å²) in [4.78, 5) is 24.5. The average molecular weight is 507 g/mol. The summed E-state index contributed by atoms with van der Waals surface area (Å²) in [6.07, 6.45) is 1.42. The maximum absolute atomic E-state index is 11.5. The number of anilines is 1. The molecule has 0 atom stereocenters. The number of aryl methyl sites for hydroxylation is 2. The molecule has 0 saturated carbocycles. The molecule has 6 nitrogen and oxygen atoms in total. The van der Waals surface area contributed by atoms with Gasteiger partial charge in [0, 0.05) is 25.6 Å². The molecule has 0 spiro atoms. The number of nitrogens with zero attached hydrogens (tertiary/aromatic N) is 2. The largest absolute Gasteiger partial charge is 0.483 e. The Morgan fingerprint density at radius 3 is 2.09 bits per heavy atom. The Morgan fingerprint density at radius 1 is 1.12 bits per heavy atom. The molecule has 2 aromatic carbocycles. The van der Waals surface area contributed by atoms with Gasteiger partial charge in [0.25, 0.3) is 6.47 Å². The average Bonchev–Trinajstić information content (AvgIpc) is 2.73. The van der Waals surface area contributed by atoms with Crippen molar-refractivity contribution in [2.45, 2.75) is 46.1 Å². The molecule has 4 rings (SSSR count). The van der Waals surface area contributed by atoms with E-state index in [0.717, 1.165) is 38.4 Å². The van der Waals surface area contributed by atoms with Crippen LogP contribution in [-0.4, -0.2) is 53.7 Å². The van der Waals surface area contributed by atoms with Crippen molar-refractivity contribution in [3.05, 3.63) is 62.6 Å². The van der Waals surface area contributed by atoms with E-state index in [9.17, 15) is 9.90 Å². The Kier molecular flexibility index (Phi) is 8.50. The van der Waals surface area contributed by atoms with E-state index < -0.39 is 11.4 Å². The first-order valence-corrected chi connectivity index (χ1v) is 12.2. The van der Waals surface area contributed by atoms with E-state index in [0.29, 0.717) is 28.8 Å². The maximum atomic E-state index is 11.5. The molecule has 2 aromatic rings. The number of halogens is 2. The predicted octanol–water partition coefficient (Wildman–Crippen LogP) is 5.60. The van der Waals surface area contributed by atoms with Gasteiger partial charge in [-0.2, -0.15) is 0 Å². The third-order valence-corrected chi connectivity index (χ3v) is 7.79. The number of benzene rings is 2. The number of rotatable bonds is 5. The summed E-state index contributed by atoms with van der Waals surface area (Å²) in [5.41, 5.74) is 5.73. The Labute approximate surface area is 211 Å². The van der Waals surface area contributed by atoms with Gasteiger partial charge >= 0.3 is 5.97 Å². The van der Waals surface area contributed by atoms with E-state index in [2.05, 4.69) is 35.8 Å². The number of likely N-dealkylation sites (tertiary alicyclic amines) is 1. The van der Waals surface area contributed by atoms with Crippen molar-refractivity contribution in [2.24, 2.45) is 5.41 Å². The lowest BCUT2D eigenvalue weighted by Gasteiger charge is -2.42. The molecule has 34 heavy (non-hydrogen) atoms. The lowest BCUT2D eigenvalue weighted by molar-refractivity contribution is -0.150. The Balaban J connectivity index is 0.00000103. The smallest absolute Gasteiger partial charge is 0.309 e. The van der Waals surface area contributed by atoms with Crippen LogP contribution in [0.15, 0.2) is 30.3 Å². The summed E-state index contributed by atoms with van der Waals surface area (Å²) < 4.78 is 0. The van der Waals surface area contributed by atoms with Crippen molar-refractivity contribution in [2.75, 3.05) is 31.1 Å². The monoisotopic (exact) mass is 506 g/mol. The Morgan fingerprint density at radius 2 is 1.62 bits per heavy atom. The third-order valence-electron chi connectivity index (χ3n) is 7.18. The number of carbonyl (C=O) groups is 2. The third kappa shape index (κ3) is 5.68. The molecule has 0 bridgehead atoms. The van der Waals surface area contributed by atoms with Gasteiger partial charge in [-0.1, -0.05) is 41.4 Å². The van der Waals surface area contributed by atoms with Crippen LogP contribution in [-0.2, 0) is 16.1 Å². The molecule has 2 fully saturated rings.